The van der Waals surface area contributed by atoms with Crippen LogP contribution in [0.4, 0.5) is 0 Å². The van der Waals surface area contributed by atoms with Crippen LogP contribution in [0.1, 0.15) is 26.9 Å². The second kappa shape index (κ2) is 6.81. The third kappa shape index (κ3) is 3.25. The summed E-state index contributed by atoms with van der Waals surface area (Å²) >= 11 is 5.46. The predicted octanol–water partition coefficient (Wildman–Crippen LogP) is 4.45. The molecule has 0 fully saturated rings. The summed E-state index contributed by atoms with van der Waals surface area (Å²) in [6.07, 6.45) is 0. The number of methoxy groups -OCH3 is 2. The van der Waals surface area contributed by atoms with E-state index < -0.39 is 0 Å². The van der Waals surface area contributed by atoms with Gasteiger partial charge in [-0.2, -0.15) is 0 Å². The predicted molar refractivity (Wildman–Crippen MR) is 91.9 cm³/mol. The molecule has 0 bridgehead atoms. The monoisotopic (exact) mass is 369 g/mol. The number of rotatable bonds is 5. The second-order valence-electron chi connectivity index (χ2n) is 4.84. The van der Waals surface area contributed by atoms with Crippen LogP contribution in [-0.2, 0) is 0 Å². The van der Waals surface area contributed by atoms with E-state index in [4.69, 9.17) is 9.47 Å². The van der Waals surface area contributed by atoms with Crippen LogP contribution in [-0.4, -0.2) is 21.3 Å². The third-order valence-corrected chi connectivity index (χ3v) is 5.48. The van der Waals surface area contributed by atoms with Crippen LogP contribution in [0.15, 0.2) is 22.7 Å². The Labute approximate surface area is 138 Å². The van der Waals surface area contributed by atoms with Gasteiger partial charge < -0.3 is 14.8 Å². The van der Waals surface area contributed by atoms with E-state index in [-0.39, 0.29) is 6.04 Å². The molecule has 0 aliphatic carbocycles. The Morgan fingerprint density at radius 3 is 2.19 bits per heavy atom. The van der Waals surface area contributed by atoms with Crippen molar-refractivity contribution >= 4 is 27.3 Å². The fraction of sp³-hybridized carbons (Fsp3) is 0.375. The topological polar surface area (TPSA) is 30.5 Å². The van der Waals surface area contributed by atoms with Crippen molar-refractivity contribution in [2.24, 2.45) is 0 Å². The largest absolute Gasteiger partial charge is 0.493 e. The summed E-state index contributed by atoms with van der Waals surface area (Å²) in [5.74, 6) is 1.46. The quantitative estimate of drug-likeness (QED) is 0.843. The van der Waals surface area contributed by atoms with Gasteiger partial charge in [-0.15, -0.1) is 11.3 Å². The number of aryl methyl sites for hydroxylation is 2. The number of ether oxygens (including phenoxy) is 2. The number of hydrogen-bond acceptors (Lipinski definition) is 4. The zero-order valence-corrected chi connectivity index (χ0v) is 15.3. The van der Waals surface area contributed by atoms with Crippen molar-refractivity contribution < 1.29 is 9.47 Å². The van der Waals surface area contributed by atoms with Crippen LogP contribution in [0, 0.1) is 13.8 Å². The van der Waals surface area contributed by atoms with Crippen LogP contribution in [0.5, 0.6) is 11.5 Å². The first kappa shape index (κ1) is 16.3. The Morgan fingerprint density at radius 1 is 1.10 bits per heavy atom. The standard InChI is InChI=1S/C16H20BrNO2S/c1-9-6-15(21-10(9)2)16(18-3)11-7-13(19-4)14(20-5)8-12(11)17/h6-8,16,18H,1-5H3. The highest BCUT2D eigenvalue weighted by Gasteiger charge is 2.20. The van der Waals surface area contributed by atoms with Crippen LogP contribution in [0.3, 0.4) is 0 Å². The van der Waals surface area contributed by atoms with Crippen molar-refractivity contribution in [3.8, 4) is 11.5 Å². The minimum Gasteiger partial charge on any atom is -0.493 e. The molecule has 5 heteroatoms. The summed E-state index contributed by atoms with van der Waals surface area (Å²) in [5.41, 5.74) is 2.46. The molecule has 0 radical (unpaired) electrons. The van der Waals surface area contributed by atoms with Gasteiger partial charge in [0.2, 0.25) is 0 Å². The summed E-state index contributed by atoms with van der Waals surface area (Å²) in [6.45, 7) is 4.30. The van der Waals surface area contributed by atoms with Gasteiger partial charge in [0.25, 0.3) is 0 Å². The SMILES string of the molecule is CNC(c1cc(C)c(C)s1)c1cc(OC)c(OC)cc1Br. The fourth-order valence-corrected chi connectivity index (χ4v) is 4.01. The molecule has 1 atom stereocenters. The number of thiophene rings is 1. The lowest BCUT2D eigenvalue weighted by Crippen LogP contribution is -2.17. The summed E-state index contributed by atoms with van der Waals surface area (Å²) in [4.78, 5) is 2.64. The zero-order chi connectivity index (χ0) is 15.6. The normalized spacial score (nSPS) is 12.3. The van der Waals surface area contributed by atoms with Crippen LogP contribution in [0.25, 0.3) is 0 Å². The van der Waals surface area contributed by atoms with Gasteiger partial charge in [0.05, 0.1) is 20.3 Å². The Balaban J connectivity index is 2.51. The first-order chi connectivity index (χ1) is 10.0. The van der Waals surface area contributed by atoms with E-state index in [0.29, 0.717) is 0 Å². The average molecular weight is 370 g/mol. The Morgan fingerprint density at radius 2 is 1.71 bits per heavy atom. The van der Waals surface area contributed by atoms with Crippen LogP contribution in [0.2, 0.25) is 0 Å². The number of halogens is 1. The maximum absolute atomic E-state index is 5.42. The molecule has 1 aromatic carbocycles. The molecule has 3 nitrogen and oxygen atoms in total. The van der Waals surface area contributed by atoms with E-state index in [1.807, 2.05) is 30.5 Å². The molecule has 0 aliphatic heterocycles. The van der Waals surface area contributed by atoms with Crippen molar-refractivity contribution in [1.82, 2.24) is 5.32 Å². The molecule has 0 spiro atoms. The molecule has 1 heterocycles. The van der Waals surface area contributed by atoms with Crippen molar-refractivity contribution in [2.45, 2.75) is 19.9 Å². The van der Waals surface area contributed by atoms with Crippen molar-refractivity contribution in [2.75, 3.05) is 21.3 Å². The van der Waals surface area contributed by atoms with Crippen LogP contribution >= 0.6 is 27.3 Å². The lowest BCUT2D eigenvalue weighted by molar-refractivity contribution is 0.354. The van der Waals surface area contributed by atoms with Gasteiger partial charge in [-0.25, -0.2) is 0 Å². The van der Waals surface area contributed by atoms with Crippen molar-refractivity contribution in [3.05, 3.63) is 43.6 Å². The van der Waals surface area contributed by atoms with E-state index in [9.17, 15) is 0 Å². The summed E-state index contributed by atoms with van der Waals surface area (Å²) in [5, 5.41) is 3.39. The first-order valence-electron chi connectivity index (χ1n) is 6.67. The summed E-state index contributed by atoms with van der Waals surface area (Å²) in [7, 11) is 5.27. The molecule has 0 aliphatic rings. The van der Waals surface area contributed by atoms with E-state index >= 15 is 0 Å². The van der Waals surface area contributed by atoms with Crippen molar-refractivity contribution in [3.63, 3.8) is 0 Å². The number of benzene rings is 1. The highest BCUT2D eigenvalue weighted by molar-refractivity contribution is 9.10. The van der Waals surface area contributed by atoms with Gasteiger partial charge in [0.1, 0.15) is 0 Å². The maximum Gasteiger partial charge on any atom is 0.161 e. The Bertz CT molecular complexity index is 620. The van der Waals surface area contributed by atoms with Gasteiger partial charge in [-0.3, -0.25) is 0 Å². The average Bonchev–Trinajstić information content (AvgIpc) is 2.80. The molecule has 2 aromatic rings. The van der Waals surface area contributed by atoms with Gasteiger partial charge in [0.15, 0.2) is 11.5 Å². The molecular weight excluding hydrogens is 350 g/mol. The Hall–Kier alpha value is -1.04. The maximum atomic E-state index is 5.42. The second-order valence-corrected chi connectivity index (χ2v) is 6.98. The molecule has 1 aromatic heterocycles. The van der Waals surface area contributed by atoms with E-state index in [1.54, 1.807) is 14.2 Å². The van der Waals surface area contributed by atoms with Gasteiger partial charge in [-0.05, 0) is 50.2 Å². The zero-order valence-electron chi connectivity index (χ0n) is 12.9. The summed E-state index contributed by atoms with van der Waals surface area (Å²) < 4.78 is 11.8. The molecule has 0 saturated carbocycles. The molecule has 1 unspecified atom stereocenters. The Kier molecular flexibility index (Phi) is 5.30. The first-order valence-corrected chi connectivity index (χ1v) is 8.28. The lowest BCUT2D eigenvalue weighted by Gasteiger charge is -2.19. The molecule has 0 saturated heterocycles. The molecule has 1 N–H and O–H groups in total. The highest BCUT2D eigenvalue weighted by Crippen LogP contribution is 2.39. The van der Waals surface area contributed by atoms with Crippen LogP contribution < -0.4 is 14.8 Å². The van der Waals surface area contributed by atoms with Gasteiger partial charge in [0, 0.05) is 14.2 Å². The molecule has 2 rings (SSSR count). The fourth-order valence-electron chi connectivity index (χ4n) is 2.29. The van der Waals surface area contributed by atoms with E-state index in [0.717, 1.165) is 21.5 Å². The number of nitrogens with one attached hydrogen (secondary N) is 1. The smallest absolute Gasteiger partial charge is 0.161 e. The van der Waals surface area contributed by atoms with E-state index in [2.05, 4.69) is 41.2 Å². The van der Waals surface area contributed by atoms with Crippen molar-refractivity contribution in [1.29, 1.82) is 0 Å². The van der Waals surface area contributed by atoms with Gasteiger partial charge in [-0.1, -0.05) is 15.9 Å². The third-order valence-electron chi connectivity index (χ3n) is 3.57. The molecule has 21 heavy (non-hydrogen) atoms. The minimum absolute atomic E-state index is 0.122. The van der Waals surface area contributed by atoms with E-state index in [1.165, 1.54) is 15.3 Å². The lowest BCUT2D eigenvalue weighted by atomic mass is 10.0. The molecular formula is C16H20BrNO2S. The van der Waals surface area contributed by atoms with Gasteiger partial charge >= 0.3 is 0 Å². The summed E-state index contributed by atoms with van der Waals surface area (Å²) in [6, 6.07) is 6.33. The highest BCUT2D eigenvalue weighted by atomic mass is 79.9. The molecule has 0 amide bonds. The molecule has 114 valence electrons. The minimum atomic E-state index is 0.122. The number of hydrogen-bond donors (Lipinski definition) is 1.